The number of hydrogen-bond acceptors (Lipinski definition) is 4. The number of fused-ring (bicyclic) bond motifs is 3. The molecule has 3 heterocycles. The molecule has 0 saturated carbocycles. The Hall–Kier alpha value is -3.15. The van der Waals surface area contributed by atoms with Crippen LogP contribution in [0.25, 0.3) is 16.6 Å². The third-order valence-corrected chi connectivity index (χ3v) is 5.27. The summed E-state index contributed by atoms with van der Waals surface area (Å²) in [5.41, 5.74) is 5.42. The number of nitrogens with one attached hydrogen (secondary N) is 1. The molecule has 0 unspecified atom stereocenters. The van der Waals surface area contributed by atoms with E-state index in [0.717, 1.165) is 40.8 Å². The molecule has 0 saturated heterocycles. The molecule has 3 aromatic heterocycles. The minimum atomic E-state index is -0.00739. The summed E-state index contributed by atoms with van der Waals surface area (Å²) in [6.45, 7) is 0.527. The highest BCUT2D eigenvalue weighted by molar-refractivity contribution is 5.88. The van der Waals surface area contributed by atoms with Crippen LogP contribution in [0.3, 0.4) is 0 Å². The van der Waals surface area contributed by atoms with Crippen molar-refractivity contribution in [2.75, 3.05) is 6.54 Å². The summed E-state index contributed by atoms with van der Waals surface area (Å²) in [6.07, 6.45) is 8.06. The zero-order valence-electron chi connectivity index (χ0n) is 14.9. The Morgan fingerprint density at radius 1 is 1.19 bits per heavy atom. The highest BCUT2D eigenvalue weighted by Crippen LogP contribution is 2.30. The first-order chi connectivity index (χ1) is 13.3. The third kappa shape index (κ3) is 2.97. The van der Waals surface area contributed by atoms with Gasteiger partial charge in [-0.25, -0.2) is 0 Å². The van der Waals surface area contributed by atoms with E-state index in [0.29, 0.717) is 19.4 Å². The molecule has 5 rings (SSSR count). The van der Waals surface area contributed by atoms with Crippen LogP contribution in [0.4, 0.5) is 0 Å². The summed E-state index contributed by atoms with van der Waals surface area (Å²) in [5, 5.41) is 12.4. The van der Waals surface area contributed by atoms with Gasteiger partial charge in [0.25, 0.3) is 0 Å². The summed E-state index contributed by atoms with van der Waals surface area (Å²) >= 11 is 0. The lowest BCUT2D eigenvalue weighted by atomic mass is 10.0. The molecule has 136 valence electrons. The SMILES string of the molecule is O=C(Cc1coc2cc3c(cc12)CCC3)NCCc1nnc2ccccn12. The van der Waals surface area contributed by atoms with Gasteiger partial charge >= 0.3 is 0 Å². The van der Waals surface area contributed by atoms with Gasteiger partial charge in [0.2, 0.25) is 5.91 Å². The van der Waals surface area contributed by atoms with Gasteiger partial charge in [-0.3, -0.25) is 9.20 Å². The molecule has 6 heteroatoms. The van der Waals surface area contributed by atoms with Crippen molar-refractivity contribution >= 4 is 22.5 Å². The van der Waals surface area contributed by atoms with Crippen LogP contribution in [-0.4, -0.2) is 27.0 Å². The first-order valence-corrected chi connectivity index (χ1v) is 9.35. The van der Waals surface area contributed by atoms with Crippen LogP contribution in [0, 0.1) is 0 Å². The highest BCUT2D eigenvalue weighted by Gasteiger charge is 2.16. The van der Waals surface area contributed by atoms with E-state index in [1.807, 2.05) is 28.8 Å². The average molecular weight is 360 g/mol. The van der Waals surface area contributed by atoms with E-state index in [1.54, 1.807) is 6.26 Å². The van der Waals surface area contributed by atoms with E-state index in [-0.39, 0.29) is 5.91 Å². The van der Waals surface area contributed by atoms with Crippen molar-refractivity contribution in [1.29, 1.82) is 0 Å². The van der Waals surface area contributed by atoms with Crippen LogP contribution in [0.15, 0.2) is 47.2 Å². The van der Waals surface area contributed by atoms with Crippen LogP contribution in [0.5, 0.6) is 0 Å². The molecule has 6 nitrogen and oxygen atoms in total. The minimum Gasteiger partial charge on any atom is -0.464 e. The molecule has 4 aromatic rings. The predicted molar refractivity (Wildman–Crippen MR) is 102 cm³/mol. The highest BCUT2D eigenvalue weighted by atomic mass is 16.3. The Morgan fingerprint density at radius 3 is 3.00 bits per heavy atom. The van der Waals surface area contributed by atoms with E-state index < -0.39 is 0 Å². The van der Waals surface area contributed by atoms with Crippen molar-refractivity contribution in [1.82, 2.24) is 19.9 Å². The molecule has 0 radical (unpaired) electrons. The molecule has 27 heavy (non-hydrogen) atoms. The maximum Gasteiger partial charge on any atom is 0.224 e. The summed E-state index contributed by atoms with van der Waals surface area (Å²) in [4.78, 5) is 12.4. The number of aromatic nitrogens is 3. The van der Waals surface area contributed by atoms with Crippen LogP contribution in [-0.2, 0) is 30.5 Å². The number of hydrogen-bond donors (Lipinski definition) is 1. The Bertz CT molecular complexity index is 1140. The molecule has 0 bridgehead atoms. The van der Waals surface area contributed by atoms with E-state index in [2.05, 4.69) is 27.6 Å². The molecule has 1 aromatic carbocycles. The zero-order valence-corrected chi connectivity index (χ0v) is 14.9. The summed E-state index contributed by atoms with van der Waals surface area (Å²) < 4.78 is 7.63. The summed E-state index contributed by atoms with van der Waals surface area (Å²) in [5.74, 6) is 0.835. The van der Waals surface area contributed by atoms with Crippen molar-refractivity contribution < 1.29 is 9.21 Å². The second kappa shape index (κ2) is 6.54. The van der Waals surface area contributed by atoms with Crippen molar-refractivity contribution in [3.05, 3.63) is 65.3 Å². The van der Waals surface area contributed by atoms with Gasteiger partial charge in [0.1, 0.15) is 11.4 Å². The number of rotatable bonds is 5. The quantitative estimate of drug-likeness (QED) is 0.594. The Kier molecular flexibility index (Phi) is 3.89. The van der Waals surface area contributed by atoms with Crippen LogP contribution >= 0.6 is 0 Å². The molecule has 1 amide bonds. The fourth-order valence-electron chi connectivity index (χ4n) is 3.90. The second-order valence-electron chi connectivity index (χ2n) is 7.05. The number of carbonyl (C=O) groups is 1. The van der Waals surface area contributed by atoms with E-state index in [1.165, 1.54) is 17.5 Å². The third-order valence-electron chi connectivity index (χ3n) is 5.27. The van der Waals surface area contributed by atoms with E-state index in [4.69, 9.17) is 4.42 Å². The van der Waals surface area contributed by atoms with E-state index >= 15 is 0 Å². The van der Waals surface area contributed by atoms with Gasteiger partial charge in [-0.05, 0) is 54.7 Å². The number of amides is 1. The first kappa shape index (κ1) is 16.1. The summed E-state index contributed by atoms with van der Waals surface area (Å²) in [6, 6.07) is 10.1. The van der Waals surface area contributed by atoms with Gasteiger partial charge in [0.15, 0.2) is 5.65 Å². The Morgan fingerprint density at radius 2 is 2.07 bits per heavy atom. The number of benzene rings is 1. The van der Waals surface area contributed by atoms with Gasteiger partial charge in [-0.1, -0.05) is 6.07 Å². The normalized spacial score (nSPS) is 13.3. The molecule has 0 fully saturated rings. The topological polar surface area (TPSA) is 72.4 Å². The lowest BCUT2D eigenvalue weighted by Crippen LogP contribution is -2.27. The molecule has 0 spiro atoms. The van der Waals surface area contributed by atoms with Gasteiger partial charge in [0, 0.05) is 30.1 Å². The smallest absolute Gasteiger partial charge is 0.224 e. The van der Waals surface area contributed by atoms with Gasteiger partial charge < -0.3 is 9.73 Å². The predicted octanol–water partition coefficient (Wildman–Crippen LogP) is 2.87. The maximum atomic E-state index is 12.4. The van der Waals surface area contributed by atoms with E-state index in [9.17, 15) is 4.79 Å². The minimum absolute atomic E-state index is 0.00739. The number of aryl methyl sites for hydroxylation is 2. The maximum absolute atomic E-state index is 12.4. The van der Waals surface area contributed by atoms with Crippen molar-refractivity contribution in [3.63, 3.8) is 0 Å². The van der Waals surface area contributed by atoms with Crippen LogP contribution in [0.2, 0.25) is 0 Å². The lowest BCUT2D eigenvalue weighted by molar-refractivity contribution is -0.120. The van der Waals surface area contributed by atoms with Crippen molar-refractivity contribution in [2.45, 2.75) is 32.1 Å². The largest absolute Gasteiger partial charge is 0.464 e. The molecule has 0 atom stereocenters. The number of nitrogens with zero attached hydrogens (tertiary/aromatic N) is 3. The summed E-state index contributed by atoms with van der Waals surface area (Å²) in [7, 11) is 0. The Balaban J connectivity index is 1.24. The van der Waals surface area contributed by atoms with Crippen LogP contribution in [0.1, 0.15) is 28.9 Å². The van der Waals surface area contributed by atoms with Gasteiger partial charge in [-0.15, -0.1) is 10.2 Å². The monoisotopic (exact) mass is 360 g/mol. The average Bonchev–Trinajstić information content (AvgIpc) is 3.39. The number of pyridine rings is 1. The molecular weight excluding hydrogens is 340 g/mol. The standard InChI is InChI=1S/C21H20N4O2/c26-21(22-8-7-20-24-23-19-6-1-2-9-25(19)20)12-16-13-27-18-11-15-5-3-4-14(15)10-17(16)18/h1-2,6,9-11,13H,3-5,7-8,12H2,(H,22,26). The van der Waals surface area contributed by atoms with Crippen molar-refractivity contribution in [3.8, 4) is 0 Å². The van der Waals surface area contributed by atoms with Crippen molar-refractivity contribution in [2.24, 2.45) is 0 Å². The van der Waals surface area contributed by atoms with Gasteiger partial charge in [0.05, 0.1) is 12.7 Å². The van der Waals surface area contributed by atoms with Gasteiger partial charge in [-0.2, -0.15) is 0 Å². The fraction of sp³-hybridized carbons (Fsp3) is 0.286. The first-order valence-electron chi connectivity index (χ1n) is 9.35. The molecule has 1 N–H and O–H groups in total. The second-order valence-corrected chi connectivity index (χ2v) is 7.05. The molecule has 1 aliphatic rings. The molecule has 1 aliphatic carbocycles. The molecular formula is C21H20N4O2. The molecule has 0 aliphatic heterocycles. The number of furan rings is 1. The Labute approximate surface area is 156 Å². The number of carbonyl (C=O) groups excluding carboxylic acids is 1. The fourth-order valence-corrected chi connectivity index (χ4v) is 3.90. The van der Waals surface area contributed by atoms with Crippen LogP contribution < -0.4 is 5.32 Å². The lowest BCUT2D eigenvalue weighted by Gasteiger charge is -2.04. The zero-order chi connectivity index (χ0) is 18.2.